The van der Waals surface area contributed by atoms with Gasteiger partial charge in [-0.25, -0.2) is 0 Å². The van der Waals surface area contributed by atoms with Gasteiger partial charge in [0.2, 0.25) is 0 Å². The lowest BCUT2D eigenvalue weighted by atomic mass is 10.1. The number of carbonyl (C=O) groups excluding carboxylic acids is 1. The molecule has 2 nitrogen and oxygen atoms in total. The number of fused-ring (bicyclic) bond motifs is 3. The SMILES string of the molecule is COc1cc(Br)cc2c1-c1ccc(Br)cc1C2=O. The van der Waals surface area contributed by atoms with Crippen LogP contribution in [0.4, 0.5) is 0 Å². The highest BCUT2D eigenvalue weighted by Crippen LogP contribution is 2.44. The van der Waals surface area contributed by atoms with E-state index >= 15 is 0 Å². The highest BCUT2D eigenvalue weighted by Gasteiger charge is 2.30. The molecule has 0 aromatic heterocycles. The highest BCUT2D eigenvalue weighted by atomic mass is 79.9. The fourth-order valence-electron chi connectivity index (χ4n) is 2.27. The predicted octanol–water partition coefficient (Wildman–Crippen LogP) is 4.43. The Morgan fingerprint density at radius 2 is 1.67 bits per heavy atom. The molecule has 3 rings (SSSR count). The summed E-state index contributed by atoms with van der Waals surface area (Å²) in [4.78, 5) is 12.4. The van der Waals surface area contributed by atoms with Gasteiger partial charge < -0.3 is 4.74 Å². The van der Waals surface area contributed by atoms with Crippen molar-refractivity contribution >= 4 is 37.6 Å². The van der Waals surface area contributed by atoms with E-state index in [0.717, 1.165) is 25.6 Å². The van der Waals surface area contributed by atoms with Crippen molar-refractivity contribution in [3.63, 3.8) is 0 Å². The Bertz CT molecular complexity index is 678. The van der Waals surface area contributed by atoms with Gasteiger partial charge in [-0.05, 0) is 29.8 Å². The third-order valence-corrected chi connectivity index (χ3v) is 3.98. The minimum Gasteiger partial charge on any atom is -0.496 e. The lowest BCUT2D eigenvalue weighted by Crippen LogP contribution is -1.95. The van der Waals surface area contributed by atoms with Crippen molar-refractivity contribution in [3.8, 4) is 16.9 Å². The summed E-state index contributed by atoms with van der Waals surface area (Å²) < 4.78 is 7.13. The van der Waals surface area contributed by atoms with E-state index in [4.69, 9.17) is 4.74 Å². The van der Waals surface area contributed by atoms with E-state index in [9.17, 15) is 4.79 Å². The third kappa shape index (κ3) is 1.63. The van der Waals surface area contributed by atoms with Crippen molar-refractivity contribution in [1.82, 2.24) is 0 Å². The van der Waals surface area contributed by atoms with Gasteiger partial charge in [-0.15, -0.1) is 0 Å². The number of ether oxygens (including phenoxy) is 1. The Kier molecular flexibility index (Phi) is 2.79. The summed E-state index contributed by atoms with van der Waals surface area (Å²) in [5.41, 5.74) is 3.22. The molecule has 2 aromatic carbocycles. The van der Waals surface area contributed by atoms with Crippen LogP contribution in [0.5, 0.6) is 5.75 Å². The number of carbonyl (C=O) groups is 1. The van der Waals surface area contributed by atoms with Crippen LogP contribution in [-0.4, -0.2) is 12.9 Å². The maximum atomic E-state index is 12.4. The molecular weight excluding hydrogens is 360 g/mol. The molecule has 0 saturated carbocycles. The van der Waals surface area contributed by atoms with Crippen molar-refractivity contribution in [2.45, 2.75) is 0 Å². The molecule has 0 fully saturated rings. The molecule has 0 aliphatic heterocycles. The maximum absolute atomic E-state index is 12.4. The second-order valence-corrected chi connectivity index (χ2v) is 5.88. The number of rotatable bonds is 1. The molecule has 18 heavy (non-hydrogen) atoms. The summed E-state index contributed by atoms with van der Waals surface area (Å²) in [6.45, 7) is 0. The predicted molar refractivity (Wildman–Crippen MR) is 77.3 cm³/mol. The van der Waals surface area contributed by atoms with Crippen LogP contribution >= 0.6 is 31.9 Å². The molecule has 0 saturated heterocycles. The van der Waals surface area contributed by atoms with E-state index in [-0.39, 0.29) is 5.78 Å². The molecule has 0 atom stereocenters. The molecule has 1 aliphatic rings. The third-order valence-electron chi connectivity index (χ3n) is 3.03. The first kappa shape index (κ1) is 11.9. The standard InChI is InChI=1S/C14H8Br2O2/c1-18-12-6-8(16)5-11-13(12)9-3-2-7(15)4-10(9)14(11)17/h2-6H,1H3. The van der Waals surface area contributed by atoms with Crippen molar-refractivity contribution in [3.05, 3.63) is 50.4 Å². The van der Waals surface area contributed by atoms with E-state index in [1.54, 1.807) is 7.11 Å². The molecule has 0 radical (unpaired) electrons. The molecule has 0 heterocycles. The minimum absolute atomic E-state index is 0.0425. The molecule has 0 spiro atoms. The van der Waals surface area contributed by atoms with E-state index in [1.165, 1.54) is 0 Å². The second kappa shape index (κ2) is 4.21. The number of hydrogen-bond acceptors (Lipinski definition) is 2. The average molecular weight is 368 g/mol. The largest absolute Gasteiger partial charge is 0.496 e. The van der Waals surface area contributed by atoms with E-state index in [0.29, 0.717) is 11.3 Å². The van der Waals surface area contributed by atoms with Gasteiger partial charge in [0.1, 0.15) is 5.75 Å². The average Bonchev–Trinajstić information content (AvgIpc) is 2.62. The van der Waals surface area contributed by atoms with Gasteiger partial charge in [0.25, 0.3) is 0 Å². The van der Waals surface area contributed by atoms with Crippen LogP contribution in [0.2, 0.25) is 0 Å². The lowest BCUT2D eigenvalue weighted by Gasteiger charge is -2.08. The zero-order chi connectivity index (χ0) is 12.9. The molecule has 0 bridgehead atoms. The summed E-state index contributed by atoms with van der Waals surface area (Å²) in [7, 11) is 1.61. The molecule has 2 aromatic rings. The van der Waals surface area contributed by atoms with Crippen molar-refractivity contribution in [1.29, 1.82) is 0 Å². The van der Waals surface area contributed by atoms with Gasteiger partial charge in [0.05, 0.1) is 7.11 Å². The summed E-state index contributed by atoms with van der Waals surface area (Å²) in [6, 6.07) is 9.45. The van der Waals surface area contributed by atoms with E-state index in [1.807, 2.05) is 30.3 Å². The van der Waals surface area contributed by atoms with Crippen molar-refractivity contribution < 1.29 is 9.53 Å². The monoisotopic (exact) mass is 366 g/mol. The van der Waals surface area contributed by atoms with Crippen LogP contribution in [0, 0.1) is 0 Å². The second-order valence-electron chi connectivity index (χ2n) is 4.05. The van der Waals surface area contributed by atoms with Gasteiger partial charge in [-0.1, -0.05) is 37.9 Å². The van der Waals surface area contributed by atoms with E-state index in [2.05, 4.69) is 31.9 Å². The van der Waals surface area contributed by atoms with Crippen LogP contribution in [0.15, 0.2) is 39.3 Å². The summed E-state index contributed by atoms with van der Waals surface area (Å²) >= 11 is 6.80. The number of halogens is 2. The first-order valence-electron chi connectivity index (χ1n) is 5.34. The fraction of sp³-hybridized carbons (Fsp3) is 0.0714. The fourth-order valence-corrected chi connectivity index (χ4v) is 3.07. The maximum Gasteiger partial charge on any atom is 0.194 e. The smallest absolute Gasteiger partial charge is 0.194 e. The summed E-state index contributed by atoms with van der Waals surface area (Å²) in [6.07, 6.45) is 0. The van der Waals surface area contributed by atoms with Crippen LogP contribution in [0.3, 0.4) is 0 Å². The minimum atomic E-state index is 0.0425. The van der Waals surface area contributed by atoms with Crippen LogP contribution in [0.1, 0.15) is 15.9 Å². The van der Waals surface area contributed by atoms with Crippen molar-refractivity contribution in [2.75, 3.05) is 7.11 Å². The van der Waals surface area contributed by atoms with Crippen LogP contribution < -0.4 is 4.74 Å². The Hall–Kier alpha value is -1.13. The van der Waals surface area contributed by atoms with Gasteiger partial charge in [-0.2, -0.15) is 0 Å². The Morgan fingerprint density at radius 3 is 2.39 bits per heavy atom. The first-order chi connectivity index (χ1) is 8.61. The topological polar surface area (TPSA) is 26.3 Å². The van der Waals surface area contributed by atoms with Crippen LogP contribution in [-0.2, 0) is 0 Å². The number of ketones is 1. The highest BCUT2D eigenvalue weighted by molar-refractivity contribution is 9.10. The van der Waals surface area contributed by atoms with Gasteiger partial charge >= 0.3 is 0 Å². The number of methoxy groups -OCH3 is 1. The van der Waals surface area contributed by atoms with Gasteiger partial charge in [-0.3, -0.25) is 4.79 Å². The molecule has 4 heteroatoms. The molecule has 0 unspecified atom stereocenters. The first-order valence-corrected chi connectivity index (χ1v) is 6.92. The van der Waals surface area contributed by atoms with Gasteiger partial charge in [0, 0.05) is 25.6 Å². The number of hydrogen-bond donors (Lipinski definition) is 0. The zero-order valence-corrected chi connectivity index (χ0v) is 12.6. The summed E-state index contributed by atoms with van der Waals surface area (Å²) in [5.74, 6) is 0.759. The molecular formula is C14H8Br2O2. The zero-order valence-electron chi connectivity index (χ0n) is 9.46. The Labute approximate surface area is 121 Å². The quantitative estimate of drug-likeness (QED) is 0.635. The lowest BCUT2D eigenvalue weighted by molar-refractivity contribution is 0.104. The van der Waals surface area contributed by atoms with E-state index < -0.39 is 0 Å². The molecule has 90 valence electrons. The summed E-state index contributed by atoms with van der Waals surface area (Å²) in [5, 5.41) is 0. The van der Waals surface area contributed by atoms with Gasteiger partial charge in [0.15, 0.2) is 5.78 Å². The normalized spacial score (nSPS) is 12.3. The molecule has 0 amide bonds. The van der Waals surface area contributed by atoms with Crippen LogP contribution in [0.25, 0.3) is 11.1 Å². The molecule has 0 N–H and O–H groups in total. The Balaban J connectivity index is 2.37. The Morgan fingerprint density at radius 1 is 0.944 bits per heavy atom. The molecule has 1 aliphatic carbocycles. The number of benzene rings is 2. The van der Waals surface area contributed by atoms with Crippen molar-refractivity contribution in [2.24, 2.45) is 0 Å².